The number of quaternary nitrogens is 1. The molecule has 0 bridgehead atoms. The molecule has 2 N–H and O–H groups in total. The Morgan fingerprint density at radius 2 is 1.95 bits per heavy atom. The van der Waals surface area contributed by atoms with Crippen LogP contribution in [0.4, 0.5) is 13.2 Å². The van der Waals surface area contributed by atoms with Crippen molar-refractivity contribution in [2.45, 2.75) is 6.42 Å². The van der Waals surface area contributed by atoms with Gasteiger partial charge in [-0.1, -0.05) is 0 Å². The first-order chi connectivity index (χ1) is 9.02. The highest BCUT2D eigenvalue weighted by Crippen LogP contribution is 2.24. The molecule has 0 saturated carbocycles. The zero-order valence-corrected chi connectivity index (χ0v) is 10.1. The summed E-state index contributed by atoms with van der Waals surface area (Å²) in [5, 5.41) is 13.1. The lowest BCUT2D eigenvalue weighted by atomic mass is 10.1. The molecule has 1 aromatic rings. The zero-order chi connectivity index (χ0) is 14.0. The Morgan fingerprint density at radius 3 is 2.68 bits per heavy atom. The number of carbonyl (C=O) groups is 1. The van der Waals surface area contributed by atoms with Gasteiger partial charge in [-0.3, -0.25) is 4.79 Å². The third-order valence-electron chi connectivity index (χ3n) is 3.07. The number of nitrogens with two attached hydrogens (primary N) is 1. The first kappa shape index (κ1) is 13.7. The molecule has 1 aromatic carbocycles. The standard InChI is InChI=1S/C12H13F3N2O2/c13-8-6-7(9(14)11(18)10(8)15)12(19)17-4-1-2-16-3-5-17/h6,16,18H,1-5H2. The fourth-order valence-corrected chi connectivity index (χ4v) is 2.04. The molecule has 0 aromatic heterocycles. The molecule has 0 spiro atoms. The van der Waals surface area contributed by atoms with Gasteiger partial charge < -0.3 is 15.3 Å². The first-order valence-corrected chi connectivity index (χ1v) is 5.98. The minimum Gasteiger partial charge on any atom is -0.868 e. The Balaban J connectivity index is 2.33. The quantitative estimate of drug-likeness (QED) is 0.708. The maximum atomic E-state index is 13.6. The molecule has 19 heavy (non-hydrogen) atoms. The van der Waals surface area contributed by atoms with Crippen LogP contribution >= 0.6 is 0 Å². The van der Waals surface area contributed by atoms with Crippen molar-refractivity contribution in [1.82, 2.24) is 4.90 Å². The molecule has 1 aliphatic heterocycles. The van der Waals surface area contributed by atoms with Crippen LogP contribution in [0, 0.1) is 17.5 Å². The molecule has 0 radical (unpaired) electrons. The lowest BCUT2D eigenvalue weighted by Gasteiger charge is -2.21. The number of hydrogen-bond acceptors (Lipinski definition) is 2. The van der Waals surface area contributed by atoms with Gasteiger partial charge in [-0.05, 0) is 11.8 Å². The molecule has 0 aliphatic carbocycles. The molecule has 104 valence electrons. The predicted molar refractivity (Wildman–Crippen MR) is 57.9 cm³/mol. The minimum absolute atomic E-state index is 0.380. The Hall–Kier alpha value is -1.76. The van der Waals surface area contributed by atoms with Gasteiger partial charge in [-0.15, -0.1) is 0 Å². The smallest absolute Gasteiger partial charge is 0.257 e. The molecule has 2 rings (SSSR count). The summed E-state index contributed by atoms with van der Waals surface area (Å²) in [7, 11) is 0. The van der Waals surface area contributed by atoms with Crippen molar-refractivity contribution in [2.75, 3.05) is 26.2 Å². The number of halogens is 3. The molecule has 0 atom stereocenters. The van der Waals surface area contributed by atoms with E-state index in [2.05, 4.69) is 0 Å². The maximum absolute atomic E-state index is 13.6. The Kier molecular flexibility index (Phi) is 3.94. The number of rotatable bonds is 1. The molecule has 1 heterocycles. The average Bonchev–Trinajstić information content (AvgIpc) is 2.68. The molecule has 4 nitrogen and oxygen atoms in total. The van der Waals surface area contributed by atoms with Gasteiger partial charge >= 0.3 is 0 Å². The summed E-state index contributed by atoms with van der Waals surface area (Å²) in [6.45, 7) is 2.28. The Morgan fingerprint density at radius 1 is 1.21 bits per heavy atom. The van der Waals surface area contributed by atoms with Gasteiger partial charge in [0.05, 0.1) is 25.2 Å². The van der Waals surface area contributed by atoms with E-state index in [1.165, 1.54) is 4.90 Å². The number of nitrogens with zero attached hydrogens (tertiary/aromatic N) is 1. The summed E-state index contributed by atoms with van der Waals surface area (Å²) in [4.78, 5) is 13.4. The van der Waals surface area contributed by atoms with Crippen LogP contribution in [-0.4, -0.2) is 37.0 Å². The number of carbonyl (C=O) groups excluding carboxylic acids is 1. The molecule has 7 heteroatoms. The fraction of sp³-hybridized carbons (Fsp3) is 0.417. The van der Waals surface area contributed by atoms with Gasteiger partial charge in [0.25, 0.3) is 5.91 Å². The van der Waals surface area contributed by atoms with Crippen LogP contribution in [0.3, 0.4) is 0 Å². The third kappa shape index (κ3) is 2.65. The summed E-state index contributed by atoms with van der Waals surface area (Å²) >= 11 is 0. The van der Waals surface area contributed by atoms with E-state index in [9.17, 15) is 23.1 Å². The van der Waals surface area contributed by atoms with Gasteiger partial charge in [0.1, 0.15) is 5.82 Å². The number of amides is 1. The predicted octanol–water partition coefficient (Wildman–Crippen LogP) is -0.413. The summed E-state index contributed by atoms with van der Waals surface area (Å²) < 4.78 is 39.6. The summed E-state index contributed by atoms with van der Waals surface area (Å²) in [6, 6.07) is 0.447. The van der Waals surface area contributed by atoms with Crippen molar-refractivity contribution in [1.29, 1.82) is 0 Å². The largest absolute Gasteiger partial charge is 0.868 e. The van der Waals surface area contributed by atoms with E-state index in [4.69, 9.17) is 0 Å². The van der Waals surface area contributed by atoms with E-state index in [0.29, 0.717) is 25.7 Å². The third-order valence-corrected chi connectivity index (χ3v) is 3.07. The van der Waals surface area contributed by atoms with Crippen molar-refractivity contribution in [3.8, 4) is 5.75 Å². The first-order valence-electron chi connectivity index (χ1n) is 5.98. The van der Waals surface area contributed by atoms with Gasteiger partial charge in [0, 0.05) is 13.0 Å². The van der Waals surface area contributed by atoms with E-state index in [0.717, 1.165) is 13.0 Å². The summed E-state index contributed by atoms with van der Waals surface area (Å²) in [5.41, 5.74) is -0.703. The van der Waals surface area contributed by atoms with Crippen LogP contribution in [0.5, 0.6) is 5.75 Å². The van der Waals surface area contributed by atoms with Crippen LogP contribution in [0.25, 0.3) is 0 Å². The monoisotopic (exact) mass is 274 g/mol. The molecule has 0 unspecified atom stereocenters. The van der Waals surface area contributed by atoms with E-state index < -0.39 is 34.7 Å². The Bertz CT molecular complexity index is 500. The van der Waals surface area contributed by atoms with Gasteiger partial charge in [-0.2, -0.15) is 0 Å². The van der Waals surface area contributed by atoms with Crippen LogP contribution in [0.2, 0.25) is 0 Å². The lowest BCUT2D eigenvalue weighted by molar-refractivity contribution is -0.651. The molecule has 1 amide bonds. The zero-order valence-electron chi connectivity index (χ0n) is 10.1. The highest BCUT2D eigenvalue weighted by molar-refractivity contribution is 5.95. The lowest BCUT2D eigenvalue weighted by Crippen LogP contribution is -2.84. The SMILES string of the molecule is O=C(c1cc(F)c(F)c([O-])c1F)N1CCC[NH2+]CC1. The highest BCUT2D eigenvalue weighted by Gasteiger charge is 2.24. The fourth-order valence-electron chi connectivity index (χ4n) is 2.04. The van der Waals surface area contributed by atoms with Crippen molar-refractivity contribution in [3.05, 3.63) is 29.1 Å². The molecule has 1 fully saturated rings. The van der Waals surface area contributed by atoms with Crippen LogP contribution in [0.15, 0.2) is 6.07 Å². The molecular weight excluding hydrogens is 261 g/mol. The topological polar surface area (TPSA) is 60.0 Å². The van der Waals surface area contributed by atoms with Crippen LogP contribution in [-0.2, 0) is 0 Å². The molecule has 1 saturated heterocycles. The normalized spacial score (nSPS) is 16.3. The van der Waals surface area contributed by atoms with E-state index in [-0.39, 0.29) is 0 Å². The minimum atomic E-state index is -1.79. The number of hydrogen-bond donors (Lipinski definition) is 1. The summed E-state index contributed by atoms with van der Waals surface area (Å²) in [6.07, 6.45) is 0.723. The van der Waals surface area contributed by atoms with E-state index >= 15 is 0 Å². The van der Waals surface area contributed by atoms with Gasteiger partial charge in [0.15, 0.2) is 11.6 Å². The van der Waals surface area contributed by atoms with Crippen LogP contribution in [0.1, 0.15) is 16.8 Å². The Labute approximate surface area is 107 Å². The second kappa shape index (κ2) is 5.48. The second-order valence-electron chi connectivity index (χ2n) is 4.37. The highest BCUT2D eigenvalue weighted by atomic mass is 19.2. The van der Waals surface area contributed by atoms with Crippen molar-refractivity contribution < 1.29 is 28.4 Å². The molecule has 1 aliphatic rings. The second-order valence-corrected chi connectivity index (χ2v) is 4.37. The van der Waals surface area contributed by atoms with Gasteiger partial charge in [-0.25, -0.2) is 13.2 Å². The summed E-state index contributed by atoms with van der Waals surface area (Å²) in [5.74, 6) is -7.31. The number of benzene rings is 1. The van der Waals surface area contributed by atoms with Gasteiger partial charge in [0.2, 0.25) is 0 Å². The molecular formula is C12H13F3N2O2. The van der Waals surface area contributed by atoms with Crippen molar-refractivity contribution in [3.63, 3.8) is 0 Å². The van der Waals surface area contributed by atoms with Crippen LogP contribution < -0.4 is 10.4 Å². The van der Waals surface area contributed by atoms with Crippen molar-refractivity contribution in [2.24, 2.45) is 0 Å². The van der Waals surface area contributed by atoms with Crippen molar-refractivity contribution >= 4 is 5.91 Å². The average molecular weight is 274 g/mol. The van der Waals surface area contributed by atoms with E-state index in [1.807, 2.05) is 5.32 Å². The maximum Gasteiger partial charge on any atom is 0.257 e. The van der Waals surface area contributed by atoms with E-state index in [1.54, 1.807) is 0 Å².